The lowest BCUT2D eigenvalue weighted by Crippen LogP contribution is -2.58. The molecule has 3 amide bonds. The molecule has 3 heterocycles. The van der Waals surface area contributed by atoms with Crippen LogP contribution in [0.5, 0.6) is 5.75 Å². The van der Waals surface area contributed by atoms with E-state index in [-0.39, 0.29) is 36.1 Å². The van der Waals surface area contributed by atoms with Gasteiger partial charge >= 0.3 is 6.03 Å². The molecule has 2 saturated heterocycles. The third-order valence-electron chi connectivity index (χ3n) is 5.59. The number of carbonyl (C=O) groups is 2. The maximum absolute atomic E-state index is 12.4. The van der Waals surface area contributed by atoms with Gasteiger partial charge < -0.3 is 25.1 Å². The van der Waals surface area contributed by atoms with E-state index in [1.54, 1.807) is 7.11 Å². The minimum atomic E-state index is -0.271. The highest BCUT2D eigenvalue weighted by atomic mass is 16.5. The number of piperazine rings is 1. The predicted molar refractivity (Wildman–Crippen MR) is 112 cm³/mol. The number of hydrogen-bond donors (Lipinski definition) is 3. The molecule has 0 spiro atoms. The van der Waals surface area contributed by atoms with Crippen molar-refractivity contribution in [3.63, 3.8) is 0 Å². The molecule has 0 saturated carbocycles. The number of methoxy groups -OCH3 is 1. The monoisotopic (exact) mass is 428 g/mol. The van der Waals surface area contributed by atoms with E-state index in [0.717, 1.165) is 11.3 Å². The molecule has 0 unspecified atom stereocenters. The number of amides is 3. The molecule has 2 fully saturated rings. The van der Waals surface area contributed by atoms with Crippen LogP contribution >= 0.6 is 0 Å². The lowest BCUT2D eigenvalue weighted by molar-refractivity contribution is -0.129. The summed E-state index contributed by atoms with van der Waals surface area (Å²) in [5.41, 5.74) is 0.816. The molecule has 3 atom stereocenters. The summed E-state index contributed by atoms with van der Waals surface area (Å²) >= 11 is 0. The Kier molecular flexibility index (Phi) is 6.08. The molecular formula is C21H28N6O4. The number of ether oxygens (including phenoxy) is 1. The number of nitrogens with one attached hydrogen (secondary N) is 3. The van der Waals surface area contributed by atoms with Crippen LogP contribution in [-0.4, -0.2) is 71.4 Å². The van der Waals surface area contributed by atoms with Crippen LogP contribution in [0.4, 0.5) is 4.79 Å². The topological polar surface area (TPSA) is 122 Å². The molecular weight excluding hydrogens is 400 g/mol. The van der Waals surface area contributed by atoms with Crippen LogP contribution in [0.25, 0.3) is 11.5 Å². The predicted octanol–water partition coefficient (Wildman–Crippen LogP) is 0.937. The van der Waals surface area contributed by atoms with Crippen LogP contribution in [0.15, 0.2) is 28.7 Å². The standard InChI is InChI=1S/C21H28N6O4/c1-12(2)23-21(29)24-14-8-17-19(28)22-10-15(27(17)11-14)9-18-25-26-20(31-18)13-4-6-16(30-3)7-5-13/h4-7,12,14-15,17H,8-11H2,1-3H3,(H,22,28)(H2,23,24,29)/t14-,15+,17-/m0/s1. The van der Waals surface area contributed by atoms with Gasteiger partial charge in [0.1, 0.15) is 5.75 Å². The lowest BCUT2D eigenvalue weighted by Gasteiger charge is -2.36. The smallest absolute Gasteiger partial charge is 0.315 e. The van der Waals surface area contributed by atoms with E-state index in [0.29, 0.717) is 37.7 Å². The second-order valence-electron chi connectivity index (χ2n) is 8.25. The summed E-state index contributed by atoms with van der Waals surface area (Å²) in [6.07, 6.45) is 1.10. The van der Waals surface area contributed by atoms with E-state index < -0.39 is 0 Å². The summed E-state index contributed by atoms with van der Waals surface area (Å²) < 4.78 is 11.0. The van der Waals surface area contributed by atoms with Gasteiger partial charge in [0.15, 0.2) is 0 Å². The van der Waals surface area contributed by atoms with Gasteiger partial charge in [0.2, 0.25) is 17.7 Å². The van der Waals surface area contributed by atoms with Crippen molar-refractivity contribution in [3.8, 4) is 17.2 Å². The van der Waals surface area contributed by atoms with Gasteiger partial charge in [-0.25, -0.2) is 4.79 Å². The second kappa shape index (κ2) is 8.93. The third-order valence-corrected chi connectivity index (χ3v) is 5.59. The minimum absolute atomic E-state index is 0.00531. The van der Waals surface area contributed by atoms with Crippen LogP contribution in [0, 0.1) is 0 Å². The van der Waals surface area contributed by atoms with Crippen molar-refractivity contribution in [3.05, 3.63) is 30.2 Å². The molecule has 2 aliphatic rings. The van der Waals surface area contributed by atoms with Crippen molar-refractivity contribution in [2.24, 2.45) is 0 Å². The Bertz CT molecular complexity index is 928. The Labute approximate surface area is 180 Å². The fourth-order valence-corrected chi connectivity index (χ4v) is 4.15. The van der Waals surface area contributed by atoms with E-state index in [4.69, 9.17) is 9.15 Å². The van der Waals surface area contributed by atoms with Gasteiger partial charge in [0, 0.05) is 43.2 Å². The quantitative estimate of drug-likeness (QED) is 0.626. The Morgan fingerprint density at radius 2 is 2.10 bits per heavy atom. The number of nitrogens with zero attached hydrogens (tertiary/aromatic N) is 3. The maximum atomic E-state index is 12.4. The molecule has 3 N–H and O–H groups in total. The van der Waals surface area contributed by atoms with E-state index in [2.05, 4.69) is 31.0 Å². The first kappa shape index (κ1) is 21.1. The van der Waals surface area contributed by atoms with Crippen LogP contribution < -0.4 is 20.7 Å². The van der Waals surface area contributed by atoms with Gasteiger partial charge in [-0.05, 0) is 44.5 Å². The molecule has 4 rings (SSSR count). The second-order valence-corrected chi connectivity index (χ2v) is 8.25. The molecule has 2 aliphatic heterocycles. The number of rotatable bonds is 6. The Hall–Kier alpha value is -3.14. The van der Waals surface area contributed by atoms with Crippen molar-refractivity contribution in [1.82, 2.24) is 31.0 Å². The molecule has 166 valence electrons. The molecule has 1 aromatic heterocycles. The van der Waals surface area contributed by atoms with Gasteiger partial charge in [0.25, 0.3) is 0 Å². The van der Waals surface area contributed by atoms with Gasteiger partial charge in [-0.2, -0.15) is 0 Å². The molecule has 0 bridgehead atoms. The van der Waals surface area contributed by atoms with Crippen LogP contribution in [0.2, 0.25) is 0 Å². The number of benzene rings is 1. The number of fused-ring (bicyclic) bond motifs is 1. The molecule has 1 aromatic carbocycles. The van der Waals surface area contributed by atoms with Crippen molar-refractivity contribution in [1.29, 1.82) is 0 Å². The summed E-state index contributed by atoms with van der Waals surface area (Å²) in [6.45, 7) is 4.92. The first-order chi connectivity index (χ1) is 14.9. The van der Waals surface area contributed by atoms with Gasteiger partial charge in [-0.1, -0.05) is 0 Å². The molecule has 0 radical (unpaired) electrons. The van der Waals surface area contributed by atoms with Crippen LogP contribution in [-0.2, 0) is 11.2 Å². The van der Waals surface area contributed by atoms with Gasteiger partial charge in [-0.3, -0.25) is 9.69 Å². The Morgan fingerprint density at radius 3 is 2.81 bits per heavy atom. The van der Waals surface area contributed by atoms with E-state index in [1.807, 2.05) is 38.1 Å². The van der Waals surface area contributed by atoms with Crippen molar-refractivity contribution >= 4 is 11.9 Å². The molecule has 2 aromatic rings. The van der Waals surface area contributed by atoms with Crippen LogP contribution in [0.3, 0.4) is 0 Å². The maximum Gasteiger partial charge on any atom is 0.315 e. The summed E-state index contributed by atoms with van der Waals surface area (Å²) in [4.78, 5) is 26.6. The highest BCUT2D eigenvalue weighted by Gasteiger charge is 2.44. The fourth-order valence-electron chi connectivity index (χ4n) is 4.15. The number of carbonyl (C=O) groups excluding carboxylic acids is 2. The normalized spacial score (nSPS) is 23.4. The van der Waals surface area contributed by atoms with Gasteiger partial charge in [-0.15, -0.1) is 10.2 Å². The first-order valence-electron chi connectivity index (χ1n) is 10.5. The highest BCUT2D eigenvalue weighted by Crippen LogP contribution is 2.27. The van der Waals surface area contributed by atoms with Crippen molar-refractivity contribution in [2.75, 3.05) is 20.2 Å². The molecule has 0 aliphatic carbocycles. The summed E-state index contributed by atoms with van der Waals surface area (Å²) in [5.74, 6) is 1.71. The Balaban J connectivity index is 1.41. The average Bonchev–Trinajstić information content (AvgIpc) is 3.37. The summed E-state index contributed by atoms with van der Waals surface area (Å²) in [5, 5.41) is 17.1. The SMILES string of the molecule is COc1ccc(-c2nnc(C[C@@H]3CNC(=O)[C@@H]4C[C@H](NC(=O)NC(C)C)CN34)o2)cc1. The zero-order valence-corrected chi connectivity index (χ0v) is 17.9. The zero-order valence-electron chi connectivity index (χ0n) is 17.9. The largest absolute Gasteiger partial charge is 0.497 e. The third kappa shape index (κ3) is 4.79. The van der Waals surface area contributed by atoms with Crippen LogP contribution in [0.1, 0.15) is 26.2 Å². The lowest BCUT2D eigenvalue weighted by atomic mass is 10.1. The number of aromatic nitrogens is 2. The Morgan fingerprint density at radius 1 is 1.32 bits per heavy atom. The number of urea groups is 1. The number of hydrogen-bond acceptors (Lipinski definition) is 7. The first-order valence-corrected chi connectivity index (χ1v) is 10.5. The zero-order chi connectivity index (χ0) is 22.0. The highest BCUT2D eigenvalue weighted by molar-refractivity contribution is 5.83. The molecule has 10 heteroatoms. The fraction of sp³-hybridized carbons (Fsp3) is 0.524. The van der Waals surface area contributed by atoms with Crippen molar-refractivity contribution in [2.45, 2.75) is 50.9 Å². The van der Waals surface area contributed by atoms with Gasteiger partial charge in [0.05, 0.1) is 13.2 Å². The molecule has 31 heavy (non-hydrogen) atoms. The summed E-state index contributed by atoms with van der Waals surface area (Å²) in [6, 6.07) is 6.92. The van der Waals surface area contributed by atoms with E-state index >= 15 is 0 Å². The average molecular weight is 428 g/mol. The van der Waals surface area contributed by atoms with E-state index in [1.165, 1.54) is 0 Å². The van der Waals surface area contributed by atoms with Crippen molar-refractivity contribution < 1.29 is 18.7 Å². The van der Waals surface area contributed by atoms with E-state index in [9.17, 15) is 9.59 Å². The minimum Gasteiger partial charge on any atom is -0.497 e. The summed E-state index contributed by atoms with van der Waals surface area (Å²) in [7, 11) is 1.62. The molecule has 10 nitrogen and oxygen atoms in total.